The smallest absolute Gasteiger partial charge is 0.0594 e. The van der Waals surface area contributed by atoms with Crippen molar-refractivity contribution in [3.63, 3.8) is 0 Å². The van der Waals surface area contributed by atoms with Crippen LogP contribution in [0.25, 0.3) is 0 Å². The van der Waals surface area contributed by atoms with E-state index in [0.29, 0.717) is 0 Å². The van der Waals surface area contributed by atoms with E-state index in [1.165, 1.54) is 0 Å². The molecule has 0 amide bonds. The molecule has 0 radical (unpaired) electrons. The molecule has 1 rings (SSSR count). The maximum absolute atomic E-state index is 5.33. The van der Waals surface area contributed by atoms with Crippen molar-refractivity contribution in [2.24, 2.45) is 0 Å². The molecule has 0 atom stereocenters. The van der Waals surface area contributed by atoms with Gasteiger partial charge in [0.1, 0.15) is 0 Å². The molecule has 5 nitrogen and oxygen atoms in total. The van der Waals surface area contributed by atoms with E-state index < -0.39 is 0 Å². The summed E-state index contributed by atoms with van der Waals surface area (Å²) in [4.78, 5) is 4.84. The molecule has 1 heterocycles. The van der Waals surface area contributed by atoms with Crippen LogP contribution in [0.2, 0.25) is 0 Å². The highest BCUT2D eigenvalue weighted by molar-refractivity contribution is 4.64. The Hall–Kier alpha value is -0.200. The Kier molecular flexibility index (Phi) is 8.56. The monoisotopic (exact) mass is 245 g/mol. The summed E-state index contributed by atoms with van der Waals surface area (Å²) in [6, 6.07) is 0. The zero-order chi connectivity index (χ0) is 12.3. The van der Waals surface area contributed by atoms with Crippen LogP contribution >= 0.6 is 0 Å². The van der Waals surface area contributed by atoms with Crippen LogP contribution < -0.4 is 5.32 Å². The number of ether oxygens (including phenoxy) is 2. The lowest BCUT2D eigenvalue weighted by molar-refractivity contribution is 0.0345. The first-order valence-electron chi connectivity index (χ1n) is 6.51. The van der Waals surface area contributed by atoms with Crippen molar-refractivity contribution in [2.45, 2.75) is 0 Å². The largest absolute Gasteiger partial charge is 0.383 e. The van der Waals surface area contributed by atoms with E-state index in [1.54, 1.807) is 7.11 Å². The van der Waals surface area contributed by atoms with Gasteiger partial charge in [-0.05, 0) is 7.05 Å². The minimum atomic E-state index is 0.789. The van der Waals surface area contributed by atoms with Crippen LogP contribution in [0.5, 0.6) is 0 Å². The van der Waals surface area contributed by atoms with E-state index in [0.717, 1.165) is 65.6 Å². The molecule has 0 aliphatic carbocycles. The number of rotatable bonds is 9. The first kappa shape index (κ1) is 14.9. The van der Waals surface area contributed by atoms with Crippen LogP contribution in [-0.4, -0.2) is 89.6 Å². The van der Waals surface area contributed by atoms with E-state index >= 15 is 0 Å². The van der Waals surface area contributed by atoms with Gasteiger partial charge in [-0.2, -0.15) is 0 Å². The van der Waals surface area contributed by atoms with Gasteiger partial charge in [-0.15, -0.1) is 0 Å². The van der Waals surface area contributed by atoms with Crippen LogP contribution in [-0.2, 0) is 9.47 Å². The van der Waals surface area contributed by atoms with Crippen molar-refractivity contribution in [2.75, 3.05) is 79.8 Å². The molecule has 0 spiro atoms. The molecule has 0 aromatic heterocycles. The second-order valence-corrected chi connectivity index (χ2v) is 4.50. The number of methoxy groups -OCH3 is 1. The lowest BCUT2D eigenvalue weighted by Gasteiger charge is -2.28. The van der Waals surface area contributed by atoms with E-state index in [1.807, 2.05) is 0 Å². The Morgan fingerprint density at radius 3 is 2.71 bits per heavy atom. The second kappa shape index (κ2) is 9.79. The summed E-state index contributed by atoms with van der Waals surface area (Å²) >= 11 is 0. The van der Waals surface area contributed by atoms with Crippen molar-refractivity contribution in [1.82, 2.24) is 15.1 Å². The standard InChI is InChI=1S/C12H27N3O2/c1-14(5-3-13-4-10-16-2)6-7-15-8-11-17-12-9-15/h13H,3-12H2,1-2H3. The first-order chi connectivity index (χ1) is 8.33. The third kappa shape index (κ3) is 7.68. The summed E-state index contributed by atoms with van der Waals surface area (Å²) in [6.07, 6.45) is 0. The molecule has 1 saturated heterocycles. The predicted octanol–water partition coefficient (Wildman–Crippen LogP) is -0.514. The summed E-state index contributed by atoms with van der Waals surface area (Å²) in [6.45, 7) is 10.1. The average molecular weight is 245 g/mol. The normalized spacial score (nSPS) is 17.8. The van der Waals surface area contributed by atoms with Gasteiger partial charge in [-0.25, -0.2) is 0 Å². The summed E-state index contributed by atoms with van der Waals surface area (Å²) in [7, 11) is 3.91. The van der Waals surface area contributed by atoms with Crippen molar-refractivity contribution in [1.29, 1.82) is 0 Å². The third-order valence-corrected chi connectivity index (χ3v) is 3.05. The molecule has 17 heavy (non-hydrogen) atoms. The van der Waals surface area contributed by atoms with Gasteiger partial charge in [-0.1, -0.05) is 0 Å². The van der Waals surface area contributed by atoms with Crippen LogP contribution in [0.4, 0.5) is 0 Å². The highest BCUT2D eigenvalue weighted by Gasteiger charge is 2.10. The number of hydrogen-bond donors (Lipinski definition) is 1. The molecule has 102 valence electrons. The molecule has 0 bridgehead atoms. The van der Waals surface area contributed by atoms with Gasteiger partial charge in [0.05, 0.1) is 19.8 Å². The highest BCUT2D eigenvalue weighted by Crippen LogP contribution is 1.96. The zero-order valence-corrected chi connectivity index (χ0v) is 11.3. The van der Waals surface area contributed by atoms with Crippen LogP contribution in [0.1, 0.15) is 0 Å². The molecule has 1 aliphatic heterocycles. The fourth-order valence-electron chi connectivity index (χ4n) is 1.82. The van der Waals surface area contributed by atoms with Crippen molar-refractivity contribution in [3.05, 3.63) is 0 Å². The zero-order valence-electron chi connectivity index (χ0n) is 11.3. The van der Waals surface area contributed by atoms with Crippen LogP contribution in [0, 0.1) is 0 Å². The number of nitrogens with one attached hydrogen (secondary N) is 1. The van der Waals surface area contributed by atoms with Crippen LogP contribution in [0.3, 0.4) is 0 Å². The molecule has 0 aromatic carbocycles. The summed E-state index contributed by atoms with van der Waals surface area (Å²) in [5, 5.41) is 3.35. The quantitative estimate of drug-likeness (QED) is 0.554. The summed E-state index contributed by atoms with van der Waals surface area (Å²) < 4.78 is 10.3. The van der Waals surface area contributed by atoms with E-state index in [9.17, 15) is 0 Å². The molecule has 1 N–H and O–H groups in total. The molecule has 0 aromatic rings. The van der Waals surface area contributed by atoms with Crippen molar-refractivity contribution in [3.8, 4) is 0 Å². The molecule has 0 unspecified atom stereocenters. The van der Waals surface area contributed by atoms with Gasteiger partial charge in [0, 0.05) is 52.9 Å². The fourth-order valence-corrected chi connectivity index (χ4v) is 1.82. The van der Waals surface area contributed by atoms with E-state index in [-0.39, 0.29) is 0 Å². The molecule has 0 saturated carbocycles. The second-order valence-electron chi connectivity index (χ2n) is 4.50. The van der Waals surface area contributed by atoms with Gasteiger partial charge in [0.2, 0.25) is 0 Å². The van der Waals surface area contributed by atoms with Crippen molar-refractivity contribution >= 4 is 0 Å². The summed E-state index contributed by atoms with van der Waals surface area (Å²) in [5.74, 6) is 0. The Morgan fingerprint density at radius 2 is 2.00 bits per heavy atom. The first-order valence-corrected chi connectivity index (χ1v) is 6.51. The Labute approximate surface area is 105 Å². The predicted molar refractivity (Wildman–Crippen MR) is 69.5 cm³/mol. The maximum atomic E-state index is 5.33. The topological polar surface area (TPSA) is 37.0 Å². The fraction of sp³-hybridized carbons (Fsp3) is 1.00. The summed E-state index contributed by atoms with van der Waals surface area (Å²) in [5.41, 5.74) is 0. The van der Waals surface area contributed by atoms with Gasteiger partial charge in [0.25, 0.3) is 0 Å². The lowest BCUT2D eigenvalue weighted by atomic mass is 10.4. The van der Waals surface area contributed by atoms with Gasteiger partial charge in [-0.3, -0.25) is 4.90 Å². The number of hydrogen-bond acceptors (Lipinski definition) is 5. The minimum absolute atomic E-state index is 0.789. The van der Waals surface area contributed by atoms with Crippen LogP contribution in [0.15, 0.2) is 0 Å². The third-order valence-electron chi connectivity index (χ3n) is 3.05. The van der Waals surface area contributed by atoms with Gasteiger partial charge >= 0.3 is 0 Å². The number of morpholine rings is 1. The molecule has 1 fully saturated rings. The SMILES string of the molecule is COCCNCCN(C)CCN1CCOCC1. The Bertz CT molecular complexity index is 175. The molecule has 5 heteroatoms. The molecular formula is C12H27N3O2. The molecule has 1 aliphatic rings. The average Bonchev–Trinajstić information content (AvgIpc) is 2.37. The minimum Gasteiger partial charge on any atom is -0.383 e. The highest BCUT2D eigenvalue weighted by atomic mass is 16.5. The Balaban J connectivity index is 1.91. The number of likely N-dealkylation sites (N-methyl/N-ethyl adjacent to an activating group) is 1. The molecular weight excluding hydrogens is 218 g/mol. The Morgan fingerprint density at radius 1 is 1.24 bits per heavy atom. The van der Waals surface area contributed by atoms with Crippen molar-refractivity contribution < 1.29 is 9.47 Å². The van der Waals surface area contributed by atoms with Gasteiger partial charge in [0.15, 0.2) is 0 Å². The lowest BCUT2D eigenvalue weighted by Crippen LogP contribution is -2.41. The van der Waals surface area contributed by atoms with Gasteiger partial charge < -0.3 is 19.7 Å². The maximum Gasteiger partial charge on any atom is 0.0594 e. The number of nitrogens with zero attached hydrogens (tertiary/aromatic N) is 2. The van der Waals surface area contributed by atoms with E-state index in [2.05, 4.69) is 22.2 Å². The van der Waals surface area contributed by atoms with E-state index in [4.69, 9.17) is 9.47 Å².